The van der Waals surface area contributed by atoms with E-state index in [1.165, 1.54) is 13.0 Å². The van der Waals surface area contributed by atoms with Crippen molar-refractivity contribution in [3.8, 4) is 6.07 Å². The topological polar surface area (TPSA) is 84.0 Å². The molecule has 0 unspecified atom stereocenters. The summed E-state index contributed by atoms with van der Waals surface area (Å²) in [4.78, 5) is 20.4. The molecule has 0 radical (unpaired) electrons. The molecular weight excluding hydrogens is 184 g/mol. The van der Waals surface area contributed by atoms with E-state index in [4.69, 9.17) is 5.26 Å². The van der Waals surface area contributed by atoms with E-state index in [-0.39, 0.29) is 16.8 Å². The van der Waals surface area contributed by atoms with Crippen LogP contribution in [0.5, 0.6) is 0 Å². The third-order valence-corrected chi connectivity index (χ3v) is 1.81. The zero-order chi connectivity index (χ0) is 10.7. The number of hydrogen-bond donors (Lipinski definition) is 0. The van der Waals surface area contributed by atoms with Gasteiger partial charge in [-0.25, -0.2) is 0 Å². The summed E-state index contributed by atoms with van der Waals surface area (Å²) in [5.41, 5.74) is 0.427. The van der Waals surface area contributed by atoms with Crippen LogP contribution in [0.2, 0.25) is 0 Å². The second-order valence-electron chi connectivity index (χ2n) is 2.71. The van der Waals surface area contributed by atoms with Crippen LogP contribution in [0.1, 0.15) is 21.5 Å². The second kappa shape index (κ2) is 3.66. The highest BCUT2D eigenvalue weighted by atomic mass is 16.6. The molecule has 5 nitrogen and oxygen atoms in total. The molecule has 0 fully saturated rings. The van der Waals surface area contributed by atoms with Crippen LogP contribution in [0.3, 0.4) is 0 Å². The van der Waals surface area contributed by atoms with Crippen molar-refractivity contribution in [2.24, 2.45) is 0 Å². The summed E-state index contributed by atoms with van der Waals surface area (Å²) in [6.45, 7) is 1.52. The number of nitrogens with zero attached hydrogens (tertiary/aromatic N) is 2. The molecule has 0 spiro atoms. The Morgan fingerprint density at radius 2 is 2.21 bits per heavy atom. The maximum absolute atomic E-state index is 10.5. The van der Waals surface area contributed by atoms with E-state index in [1.807, 2.05) is 0 Å². The molecule has 0 aliphatic rings. The summed E-state index contributed by atoms with van der Waals surface area (Å²) >= 11 is 0. The molecule has 0 N–H and O–H groups in total. The molecule has 0 saturated heterocycles. The van der Waals surface area contributed by atoms with Gasteiger partial charge in [-0.1, -0.05) is 0 Å². The highest BCUT2D eigenvalue weighted by molar-refractivity contribution is 5.81. The predicted octanol–water partition coefficient (Wildman–Crippen LogP) is 1.59. The van der Waals surface area contributed by atoms with Crippen LogP contribution >= 0.6 is 0 Å². The number of carbonyl (C=O) groups is 1. The third-order valence-electron chi connectivity index (χ3n) is 1.81. The standard InChI is InChI=1S/C9H6N2O3/c1-6-2-7(4-10)8(5-12)3-9(6)11(13)14/h2-3,5H,1H3. The van der Waals surface area contributed by atoms with Crippen molar-refractivity contribution in [3.63, 3.8) is 0 Å². The largest absolute Gasteiger partial charge is 0.298 e. The van der Waals surface area contributed by atoms with Gasteiger partial charge < -0.3 is 0 Å². The molecule has 0 aliphatic carbocycles. The quantitative estimate of drug-likeness (QED) is 0.402. The van der Waals surface area contributed by atoms with Gasteiger partial charge in [0.1, 0.15) is 0 Å². The average Bonchev–Trinajstić information content (AvgIpc) is 2.16. The molecule has 0 bridgehead atoms. The van der Waals surface area contributed by atoms with Crippen molar-refractivity contribution in [1.82, 2.24) is 0 Å². The molecule has 70 valence electrons. The van der Waals surface area contributed by atoms with Gasteiger partial charge in [-0.3, -0.25) is 14.9 Å². The van der Waals surface area contributed by atoms with Crippen LogP contribution in [0.4, 0.5) is 5.69 Å². The Hall–Kier alpha value is -2.22. The van der Waals surface area contributed by atoms with Crippen molar-refractivity contribution in [3.05, 3.63) is 38.9 Å². The lowest BCUT2D eigenvalue weighted by atomic mass is 10.0. The highest BCUT2D eigenvalue weighted by Gasteiger charge is 2.14. The van der Waals surface area contributed by atoms with Gasteiger partial charge in [0.25, 0.3) is 5.69 Å². The van der Waals surface area contributed by atoms with E-state index in [0.717, 1.165) is 6.07 Å². The van der Waals surface area contributed by atoms with E-state index >= 15 is 0 Å². The highest BCUT2D eigenvalue weighted by Crippen LogP contribution is 2.21. The number of rotatable bonds is 2. The second-order valence-corrected chi connectivity index (χ2v) is 2.71. The number of nitriles is 1. The van der Waals surface area contributed by atoms with Crippen LogP contribution in [0, 0.1) is 28.4 Å². The predicted molar refractivity (Wildman–Crippen MR) is 47.9 cm³/mol. The molecule has 5 heteroatoms. The van der Waals surface area contributed by atoms with Crippen LogP contribution in [0.15, 0.2) is 12.1 Å². The van der Waals surface area contributed by atoms with E-state index in [1.54, 1.807) is 6.07 Å². The van der Waals surface area contributed by atoms with E-state index in [0.29, 0.717) is 11.8 Å². The normalized spacial score (nSPS) is 9.14. The Morgan fingerprint density at radius 1 is 1.57 bits per heavy atom. The van der Waals surface area contributed by atoms with Gasteiger partial charge in [0.2, 0.25) is 0 Å². The fourth-order valence-electron chi connectivity index (χ4n) is 1.10. The van der Waals surface area contributed by atoms with Crippen LogP contribution in [-0.2, 0) is 0 Å². The Kier molecular flexibility index (Phi) is 2.58. The Morgan fingerprint density at radius 3 is 2.64 bits per heavy atom. The fraction of sp³-hybridized carbons (Fsp3) is 0.111. The van der Waals surface area contributed by atoms with E-state index in [9.17, 15) is 14.9 Å². The average molecular weight is 190 g/mol. The summed E-state index contributed by atoms with van der Waals surface area (Å²) < 4.78 is 0. The first-order valence-corrected chi connectivity index (χ1v) is 3.74. The minimum absolute atomic E-state index is 0.0461. The molecule has 1 aromatic carbocycles. The van der Waals surface area contributed by atoms with Crippen molar-refractivity contribution in [1.29, 1.82) is 5.26 Å². The summed E-state index contributed by atoms with van der Waals surface area (Å²) in [6.07, 6.45) is 0.436. The lowest BCUT2D eigenvalue weighted by Gasteiger charge is -1.99. The van der Waals surface area contributed by atoms with Gasteiger partial charge >= 0.3 is 0 Å². The molecule has 1 aromatic rings. The molecule has 0 atom stereocenters. The van der Waals surface area contributed by atoms with Gasteiger partial charge in [0, 0.05) is 17.2 Å². The van der Waals surface area contributed by atoms with Crippen molar-refractivity contribution in [2.75, 3.05) is 0 Å². The Bertz CT molecular complexity index is 445. The van der Waals surface area contributed by atoms with Gasteiger partial charge in [0.15, 0.2) is 6.29 Å². The van der Waals surface area contributed by atoms with Crippen LogP contribution < -0.4 is 0 Å². The number of hydrogen-bond acceptors (Lipinski definition) is 4. The van der Waals surface area contributed by atoms with Crippen molar-refractivity contribution < 1.29 is 9.72 Å². The maximum Gasteiger partial charge on any atom is 0.273 e. The fourth-order valence-corrected chi connectivity index (χ4v) is 1.10. The molecule has 0 saturated carbocycles. The summed E-state index contributed by atoms with van der Waals surface area (Å²) in [6, 6.07) is 4.25. The van der Waals surface area contributed by atoms with E-state index < -0.39 is 4.92 Å². The monoisotopic (exact) mass is 190 g/mol. The van der Waals surface area contributed by atoms with Gasteiger partial charge in [-0.2, -0.15) is 5.26 Å². The molecule has 1 rings (SSSR count). The van der Waals surface area contributed by atoms with Crippen LogP contribution in [0.25, 0.3) is 0 Å². The first-order valence-electron chi connectivity index (χ1n) is 3.74. The number of aldehydes is 1. The summed E-state index contributed by atoms with van der Waals surface area (Å²) in [7, 11) is 0. The van der Waals surface area contributed by atoms with Gasteiger partial charge in [0.05, 0.1) is 16.6 Å². The molecule has 0 aliphatic heterocycles. The summed E-state index contributed by atoms with van der Waals surface area (Å²) in [5.74, 6) is 0. The Balaban J connectivity index is 3.47. The van der Waals surface area contributed by atoms with E-state index in [2.05, 4.69) is 0 Å². The van der Waals surface area contributed by atoms with Gasteiger partial charge in [-0.15, -0.1) is 0 Å². The molecule has 0 amide bonds. The number of benzene rings is 1. The number of nitro benzene ring substituents is 1. The van der Waals surface area contributed by atoms with Crippen molar-refractivity contribution >= 4 is 12.0 Å². The zero-order valence-electron chi connectivity index (χ0n) is 7.35. The Labute approximate surface area is 79.7 Å². The zero-order valence-corrected chi connectivity index (χ0v) is 7.35. The van der Waals surface area contributed by atoms with Crippen molar-refractivity contribution in [2.45, 2.75) is 6.92 Å². The maximum atomic E-state index is 10.5. The first-order chi connectivity index (χ1) is 6.60. The number of aryl methyl sites for hydroxylation is 1. The first kappa shape index (κ1) is 9.86. The lowest BCUT2D eigenvalue weighted by Crippen LogP contribution is -1.96. The number of carbonyl (C=O) groups excluding carboxylic acids is 1. The molecule has 0 heterocycles. The minimum Gasteiger partial charge on any atom is -0.298 e. The third kappa shape index (κ3) is 1.59. The minimum atomic E-state index is -0.580. The number of nitro groups is 1. The molecule has 14 heavy (non-hydrogen) atoms. The lowest BCUT2D eigenvalue weighted by molar-refractivity contribution is -0.385. The smallest absolute Gasteiger partial charge is 0.273 e. The molecule has 0 aromatic heterocycles. The van der Waals surface area contributed by atoms with Gasteiger partial charge in [-0.05, 0) is 13.0 Å². The molecular formula is C9H6N2O3. The van der Waals surface area contributed by atoms with Crippen LogP contribution in [-0.4, -0.2) is 11.2 Å². The SMILES string of the molecule is Cc1cc(C#N)c(C=O)cc1[N+](=O)[O-]. The summed E-state index contributed by atoms with van der Waals surface area (Å²) in [5, 5.41) is 19.1.